The summed E-state index contributed by atoms with van der Waals surface area (Å²) in [5.41, 5.74) is -2.57. The number of carboxylic acids is 1. The number of carbonyl (C=O) groups is 3. The number of hydrogen-bond donors (Lipinski definition) is 5. The smallest absolute Gasteiger partial charge is 0.331 e. The number of cyclic esters (lactones) is 1. The van der Waals surface area contributed by atoms with E-state index in [0.29, 0.717) is 25.5 Å². The fourth-order valence-corrected chi connectivity index (χ4v) is 7.42. The van der Waals surface area contributed by atoms with Gasteiger partial charge in [0.05, 0.1) is 18.8 Å². The average molecular weight is 703 g/mol. The SMILES string of the molecule is CC[C@H]1OC(=O)[C@H](C)C(O)(O)[C@H](C)CC(C)(CO[C@@H]2O[C@H](C)C[C@H](N(C)C)C2OC(=O)/C=C/C(=O)O)C[C@@H](C)CN(C)[C@H](C)[C@@H](O)[C@]1(C)O. The molecule has 0 saturated carbocycles. The van der Waals surface area contributed by atoms with E-state index in [9.17, 15) is 34.8 Å². The number of ether oxygens (including phenoxy) is 4. The number of aliphatic carboxylic acids is 1. The van der Waals surface area contributed by atoms with Crippen molar-refractivity contribution in [2.45, 2.75) is 135 Å². The van der Waals surface area contributed by atoms with Crippen molar-refractivity contribution in [1.82, 2.24) is 9.80 Å². The summed E-state index contributed by atoms with van der Waals surface area (Å²) in [6, 6.07) is -0.843. The zero-order valence-electron chi connectivity index (χ0n) is 31.2. The number of aliphatic hydroxyl groups is 4. The molecule has 14 heteroatoms. The number of esters is 2. The fraction of sp³-hybridized carbons (Fsp3) is 0.857. The number of aliphatic hydroxyl groups excluding tert-OH is 1. The Kier molecular flexibility index (Phi) is 15.2. The van der Waals surface area contributed by atoms with E-state index in [-0.39, 0.29) is 37.5 Å². The monoisotopic (exact) mass is 702 g/mol. The lowest BCUT2D eigenvalue weighted by Gasteiger charge is -2.45. The molecule has 0 bridgehead atoms. The number of rotatable bonds is 8. The van der Waals surface area contributed by atoms with E-state index in [4.69, 9.17) is 24.1 Å². The van der Waals surface area contributed by atoms with Crippen molar-refractivity contribution in [1.29, 1.82) is 0 Å². The topological polar surface area (TPSA) is 196 Å². The van der Waals surface area contributed by atoms with Crippen LogP contribution in [-0.2, 0) is 33.3 Å². The Morgan fingerprint density at radius 2 is 1.67 bits per heavy atom. The minimum atomic E-state index is -2.50. The first-order chi connectivity index (χ1) is 22.5. The van der Waals surface area contributed by atoms with Crippen LogP contribution in [0.3, 0.4) is 0 Å². The third kappa shape index (κ3) is 11.2. The van der Waals surface area contributed by atoms with Gasteiger partial charge >= 0.3 is 17.9 Å². The molecule has 0 aromatic heterocycles. The molecule has 5 N–H and O–H groups in total. The highest BCUT2D eigenvalue weighted by Gasteiger charge is 2.50. The molecule has 0 radical (unpaired) electrons. The second kappa shape index (κ2) is 17.4. The van der Waals surface area contributed by atoms with Gasteiger partial charge in [-0.1, -0.05) is 27.7 Å². The highest BCUT2D eigenvalue weighted by atomic mass is 16.7. The normalized spacial score (nSPS) is 40.4. The maximum absolute atomic E-state index is 13.3. The highest BCUT2D eigenvalue weighted by molar-refractivity contribution is 5.90. The quantitative estimate of drug-likeness (QED) is 0.139. The van der Waals surface area contributed by atoms with Crippen LogP contribution < -0.4 is 0 Å². The van der Waals surface area contributed by atoms with Gasteiger partial charge in [-0.25, -0.2) is 9.59 Å². The molecule has 2 heterocycles. The van der Waals surface area contributed by atoms with Crippen molar-refractivity contribution in [3.05, 3.63) is 12.2 Å². The van der Waals surface area contributed by atoms with Crippen molar-refractivity contribution >= 4 is 17.9 Å². The van der Waals surface area contributed by atoms with Gasteiger partial charge in [0.2, 0.25) is 0 Å². The molecule has 0 spiro atoms. The van der Waals surface area contributed by atoms with Crippen LogP contribution in [0.2, 0.25) is 0 Å². The van der Waals surface area contributed by atoms with Crippen LogP contribution in [0, 0.1) is 23.2 Å². The largest absolute Gasteiger partial charge is 0.478 e. The standard InChI is InChI=1S/C35H62N2O12/c1-12-26-34(8,43)30(41)24(6)37(11)18-20(2)16-33(7,17-21(3)35(44,45)23(5)31(42)48-26)19-46-32-29(49-28(40)14-13-27(38)39)25(36(9)10)15-22(4)47-32/h13-14,20-26,29-30,32,41,43-45H,12,15-19H2,1-11H3,(H,38,39)/b14-13+/t20-,21-,22-,23+,24-,25+,26-,29?,30-,32-,33?,34-/m1/s1. The first kappa shape index (κ1) is 43.0. The molecule has 2 aliphatic heterocycles. The predicted octanol–water partition coefficient (Wildman–Crippen LogP) is 1.76. The summed E-state index contributed by atoms with van der Waals surface area (Å²) in [6.45, 7) is 14.3. The van der Waals surface area contributed by atoms with Crippen LogP contribution in [0.5, 0.6) is 0 Å². The number of likely N-dealkylation sites (N-methyl/N-ethyl adjacent to an activating group) is 2. The summed E-state index contributed by atoms with van der Waals surface area (Å²) in [5.74, 6) is -7.85. The molecule has 2 fully saturated rings. The Bertz CT molecular complexity index is 1150. The Hall–Kier alpha value is -2.17. The second-order valence-electron chi connectivity index (χ2n) is 15.4. The van der Waals surface area contributed by atoms with Crippen molar-refractivity contribution in [2.75, 3.05) is 34.3 Å². The molecule has 0 amide bonds. The van der Waals surface area contributed by atoms with Gasteiger partial charge in [0.1, 0.15) is 23.7 Å². The Balaban J connectivity index is 2.49. The van der Waals surface area contributed by atoms with E-state index in [1.54, 1.807) is 20.8 Å². The van der Waals surface area contributed by atoms with Crippen molar-refractivity contribution in [3.8, 4) is 0 Å². The molecular weight excluding hydrogens is 640 g/mol. The summed E-state index contributed by atoms with van der Waals surface area (Å²) in [7, 11) is 5.51. The summed E-state index contributed by atoms with van der Waals surface area (Å²) in [6.07, 6.45) is -1.65. The van der Waals surface area contributed by atoms with Gasteiger partial charge in [-0.3, -0.25) is 4.79 Å². The minimum Gasteiger partial charge on any atom is -0.478 e. The second-order valence-corrected chi connectivity index (χ2v) is 15.4. The first-order valence-electron chi connectivity index (χ1n) is 17.3. The van der Waals surface area contributed by atoms with E-state index in [0.717, 1.165) is 6.08 Å². The van der Waals surface area contributed by atoms with E-state index >= 15 is 0 Å². The summed E-state index contributed by atoms with van der Waals surface area (Å²) in [4.78, 5) is 40.7. The lowest BCUT2D eigenvalue weighted by molar-refractivity contribution is -0.270. The van der Waals surface area contributed by atoms with Crippen LogP contribution in [0.15, 0.2) is 12.2 Å². The lowest BCUT2D eigenvalue weighted by Crippen LogP contribution is -2.59. The summed E-state index contributed by atoms with van der Waals surface area (Å²) < 4.78 is 23.9. The van der Waals surface area contributed by atoms with Crippen molar-refractivity contribution in [3.63, 3.8) is 0 Å². The predicted molar refractivity (Wildman–Crippen MR) is 180 cm³/mol. The minimum absolute atomic E-state index is 0.0184. The number of carboxylic acid groups (broad SMARTS) is 1. The Morgan fingerprint density at radius 1 is 1.06 bits per heavy atom. The summed E-state index contributed by atoms with van der Waals surface area (Å²) >= 11 is 0. The van der Waals surface area contributed by atoms with Crippen LogP contribution in [-0.4, -0.2) is 142 Å². The molecule has 284 valence electrons. The molecule has 0 aliphatic carbocycles. The zero-order chi connectivity index (χ0) is 37.6. The number of nitrogens with zero attached hydrogens (tertiary/aromatic N) is 2. The van der Waals surface area contributed by atoms with Crippen LogP contribution in [0.4, 0.5) is 0 Å². The molecular formula is C35H62N2O12. The van der Waals surface area contributed by atoms with Crippen LogP contribution in [0.1, 0.15) is 81.1 Å². The van der Waals surface area contributed by atoms with Crippen molar-refractivity contribution in [2.24, 2.45) is 23.2 Å². The van der Waals surface area contributed by atoms with Gasteiger partial charge in [-0.15, -0.1) is 0 Å². The van der Waals surface area contributed by atoms with Crippen molar-refractivity contribution < 1.29 is 58.9 Å². The molecule has 49 heavy (non-hydrogen) atoms. The third-order valence-corrected chi connectivity index (χ3v) is 10.4. The van der Waals surface area contributed by atoms with E-state index in [2.05, 4.69) is 0 Å². The average Bonchev–Trinajstić information content (AvgIpc) is 3.00. The van der Waals surface area contributed by atoms with Gasteiger partial charge in [0.25, 0.3) is 0 Å². The molecule has 2 aliphatic rings. The number of hydrogen-bond acceptors (Lipinski definition) is 13. The van der Waals surface area contributed by atoms with Gasteiger partial charge < -0.3 is 54.3 Å². The maximum Gasteiger partial charge on any atom is 0.331 e. The van der Waals surface area contributed by atoms with Crippen LogP contribution in [0.25, 0.3) is 0 Å². The maximum atomic E-state index is 13.3. The molecule has 2 rings (SSSR count). The molecule has 2 unspecified atom stereocenters. The first-order valence-corrected chi connectivity index (χ1v) is 17.3. The van der Waals surface area contributed by atoms with Gasteiger partial charge in [-0.05, 0) is 85.9 Å². The molecule has 14 nitrogen and oxygen atoms in total. The van der Waals surface area contributed by atoms with Gasteiger partial charge in [0.15, 0.2) is 18.2 Å². The molecule has 0 aromatic rings. The Morgan fingerprint density at radius 3 is 2.22 bits per heavy atom. The number of carbonyl (C=O) groups excluding carboxylic acids is 2. The zero-order valence-corrected chi connectivity index (χ0v) is 31.2. The van der Waals surface area contributed by atoms with E-state index < -0.39 is 77.2 Å². The summed E-state index contributed by atoms with van der Waals surface area (Å²) in [5, 5.41) is 54.5. The fourth-order valence-electron chi connectivity index (χ4n) is 7.42. The Labute approximate surface area is 291 Å². The third-order valence-electron chi connectivity index (χ3n) is 10.4. The molecule has 0 aromatic carbocycles. The van der Waals surface area contributed by atoms with E-state index in [1.807, 2.05) is 51.7 Å². The van der Waals surface area contributed by atoms with Gasteiger partial charge in [-0.2, -0.15) is 0 Å². The molecule has 12 atom stereocenters. The molecule has 2 saturated heterocycles. The van der Waals surface area contributed by atoms with Gasteiger partial charge in [0, 0.05) is 30.7 Å². The highest BCUT2D eigenvalue weighted by Crippen LogP contribution is 2.41. The lowest BCUT2D eigenvalue weighted by atomic mass is 9.72. The van der Waals surface area contributed by atoms with Crippen LogP contribution >= 0.6 is 0 Å². The van der Waals surface area contributed by atoms with E-state index in [1.165, 1.54) is 13.8 Å².